The number of rotatable bonds is 3. The first-order chi connectivity index (χ1) is 8.56. The number of piperidine rings is 1. The van der Waals surface area contributed by atoms with Crippen LogP contribution in [-0.4, -0.2) is 47.2 Å². The zero-order valence-corrected chi connectivity index (χ0v) is 10.5. The zero-order chi connectivity index (χ0) is 13.1. The predicted molar refractivity (Wildman–Crippen MR) is 66.1 cm³/mol. The van der Waals surface area contributed by atoms with Crippen molar-refractivity contribution < 1.29 is 14.7 Å². The van der Waals surface area contributed by atoms with E-state index in [4.69, 9.17) is 10.8 Å². The Morgan fingerprint density at radius 1 is 1.17 bits per heavy atom. The summed E-state index contributed by atoms with van der Waals surface area (Å²) in [5.74, 6) is -1.36. The van der Waals surface area contributed by atoms with Gasteiger partial charge in [0.25, 0.3) is 0 Å². The lowest BCUT2D eigenvalue weighted by Gasteiger charge is -2.36. The Balaban J connectivity index is 1.95. The first-order valence-corrected chi connectivity index (χ1v) is 6.59. The molecule has 2 fully saturated rings. The summed E-state index contributed by atoms with van der Waals surface area (Å²) in [5, 5.41) is 12.6. The second kappa shape index (κ2) is 5.56. The summed E-state index contributed by atoms with van der Waals surface area (Å²) >= 11 is 0. The fourth-order valence-electron chi connectivity index (χ4n) is 3.00. The number of carboxylic acids is 1. The van der Waals surface area contributed by atoms with E-state index in [-0.39, 0.29) is 12.6 Å². The average Bonchev–Trinajstić information content (AvgIpc) is 2.81. The van der Waals surface area contributed by atoms with Gasteiger partial charge < -0.3 is 21.1 Å². The van der Waals surface area contributed by atoms with Gasteiger partial charge in [0.2, 0.25) is 0 Å². The molecule has 2 rings (SSSR count). The van der Waals surface area contributed by atoms with Crippen LogP contribution in [0.25, 0.3) is 0 Å². The lowest BCUT2D eigenvalue weighted by atomic mass is 9.94. The number of amides is 2. The third-order valence-corrected chi connectivity index (χ3v) is 3.94. The number of likely N-dealkylation sites (tertiary alicyclic amines) is 1. The van der Waals surface area contributed by atoms with E-state index in [1.807, 2.05) is 0 Å². The zero-order valence-electron chi connectivity index (χ0n) is 10.5. The van der Waals surface area contributed by atoms with Crippen molar-refractivity contribution >= 4 is 12.0 Å². The Hall–Kier alpha value is -1.30. The van der Waals surface area contributed by atoms with E-state index < -0.39 is 17.9 Å². The Kier molecular flexibility index (Phi) is 4.06. The van der Waals surface area contributed by atoms with E-state index in [0.717, 1.165) is 12.8 Å². The molecule has 2 atom stereocenters. The van der Waals surface area contributed by atoms with E-state index in [1.54, 1.807) is 0 Å². The first-order valence-electron chi connectivity index (χ1n) is 6.59. The number of nitrogens with zero attached hydrogens (tertiary/aromatic N) is 1. The van der Waals surface area contributed by atoms with Gasteiger partial charge in [0.05, 0.1) is 5.92 Å². The van der Waals surface area contributed by atoms with Crippen molar-refractivity contribution in [3.05, 3.63) is 0 Å². The van der Waals surface area contributed by atoms with Gasteiger partial charge in [0.1, 0.15) is 0 Å². The third kappa shape index (κ3) is 3.13. The lowest BCUT2D eigenvalue weighted by Crippen LogP contribution is -2.55. The summed E-state index contributed by atoms with van der Waals surface area (Å²) in [6.45, 7) is 0.753. The number of primary amides is 1. The number of nitrogens with two attached hydrogens (primary N) is 1. The Morgan fingerprint density at radius 2 is 1.83 bits per heavy atom. The van der Waals surface area contributed by atoms with Gasteiger partial charge in [-0.2, -0.15) is 0 Å². The van der Waals surface area contributed by atoms with Crippen molar-refractivity contribution in [3.8, 4) is 0 Å². The van der Waals surface area contributed by atoms with Crippen LogP contribution < -0.4 is 11.1 Å². The number of urea groups is 1. The molecule has 1 aliphatic carbocycles. The van der Waals surface area contributed by atoms with Crippen LogP contribution in [0.2, 0.25) is 0 Å². The van der Waals surface area contributed by atoms with Crippen molar-refractivity contribution in [2.75, 3.05) is 13.1 Å². The van der Waals surface area contributed by atoms with Crippen LogP contribution in [0.15, 0.2) is 0 Å². The predicted octanol–water partition coefficient (Wildman–Crippen LogP) is 0.372. The highest BCUT2D eigenvalue weighted by Crippen LogP contribution is 2.22. The fraction of sp³-hybridized carbons (Fsp3) is 0.833. The van der Waals surface area contributed by atoms with Gasteiger partial charge in [-0.3, -0.25) is 4.79 Å². The van der Waals surface area contributed by atoms with Gasteiger partial charge in [-0.1, -0.05) is 12.8 Å². The van der Waals surface area contributed by atoms with Crippen LogP contribution in [0.1, 0.15) is 32.1 Å². The molecule has 1 saturated carbocycles. The van der Waals surface area contributed by atoms with Gasteiger partial charge >= 0.3 is 12.0 Å². The molecule has 4 N–H and O–H groups in total. The topological polar surface area (TPSA) is 95.7 Å². The monoisotopic (exact) mass is 255 g/mol. The minimum absolute atomic E-state index is 0.0513. The molecule has 18 heavy (non-hydrogen) atoms. The molecule has 2 unspecified atom stereocenters. The van der Waals surface area contributed by atoms with E-state index in [0.29, 0.717) is 19.0 Å². The highest BCUT2D eigenvalue weighted by Gasteiger charge is 2.34. The molecule has 6 heteroatoms. The second-order valence-electron chi connectivity index (χ2n) is 5.36. The number of carboxylic acid groups (broad SMARTS) is 1. The molecule has 1 aliphatic heterocycles. The van der Waals surface area contributed by atoms with Crippen LogP contribution in [0.5, 0.6) is 0 Å². The van der Waals surface area contributed by atoms with Crippen LogP contribution in [0.4, 0.5) is 4.79 Å². The smallest absolute Gasteiger partial charge is 0.314 e. The van der Waals surface area contributed by atoms with E-state index in [9.17, 15) is 9.59 Å². The summed E-state index contributed by atoms with van der Waals surface area (Å²) in [7, 11) is 0. The Labute approximate surface area is 107 Å². The summed E-state index contributed by atoms with van der Waals surface area (Å²) in [6.07, 6.45) is 5.32. The number of carbonyl (C=O) groups excluding carboxylic acids is 1. The second-order valence-corrected chi connectivity index (χ2v) is 5.36. The quantitative estimate of drug-likeness (QED) is 0.679. The van der Waals surface area contributed by atoms with Crippen LogP contribution >= 0.6 is 0 Å². The molecular weight excluding hydrogens is 234 g/mol. The molecule has 1 heterocycles. The summed E-state index contributed by atoms with van der Waals surface area (Å²) in [4.78, 5) is 23.8. The van der Waals surface area contributed by atoms with Gasteiger partial charge in [0.15, 0.2) is 0 Å². The number of hydrogen-bond acceptors (Lipinski definition) is 3. The van der Waals surface area contributed by atoms with Crippen molar-refractivity contribution in [3.63, 3.8) is 0 Å². The minimum atomic E-state index is -0.848. The van der Waals surface area contributed by atoms with Gasteiger partial charge in [-0.15, -0.1) is 0 Å². The highest BCUT2D eigenvalue weighted by molar-refractivity contribution is 5.75. The maximum atomic E-state index is 11.2. The molecule has 0 aromatic rings. The molecule has 102 valence electrons. The van der Waals surface area contributed by atoms with Crippen LogP contribution in [-0.2, 0) is 4.79 Å². The molecule has 0 bridgehead atoms. The minimum Gasteiger partial charge on any atom is -0.481 e. The van der Waals surface area contributed by atoms with Crippen molar-refractivity contribution in [1.82, 2.24) is 10.2 Å². The molecule has 0 aromatic heterocycles. The fourth-order valence-corrected chi connectivity index (χ4v) is 3.00. The van der Waals surface area contributed by atoms with E-state index >= 15 is 0 Å². The lowest BCUT2D eigenvalue weighted by molar-refractivity contribution is -0.143. The molecule has 6 nitrogen and oxygen atoms in total. The summed E-state index contributed by atoms with van der Waals surface area (Å²) in [5.41, 5.74) is 5.27. The maximum absolute atomic E-state index is 11.2. The summed E-state index contributed by atoms with van der Waals surface area (Å²) < 4.78 is 0. The number of nitrogens with one attached hydrogen (secondary N) is 1. The molecule has 0 aromatic carbocycles. The average molecular weight is 255 g/mol. The van der Waals surface area contributed by atoms with Crippen molar-refractivity contribution in [1.29, 1.82) is 0 Å². The molecule has 1 saturated heterocycles. The first kappa shape index (κ1) is 13.1. The Bertz CT molecular complexity index is 307. The highest BCUT2D eigenvalue weighted by atomic mass is 16.4. The Morgan fingerprint density at radius 3 is 2.39 bits per heavy atom. The largest absolute Gasteiger partial charge is 0.481 e. The molecule has 0 radical (unpaired) electrons. The number of hydrogen-bond donors (Lipinski definition) is 3. The van der Waals surface area contributed by atoms with Gasteiger partial charge in [0, 0.05) is 25.2 Å². The molecule has 0 spiro atoms. The summed E-state index contributed by atoms with van der Waals surface area (Å²) in [6, 6.07) is -0.00751. The maximum Gasteiger partial charge on any atom is 0.314 e. The van der Waals surface area contributed by atoms with E-state index in [2.05, 4.69) is 5.32 Å². The molecule has 2 amide bonds. The molecular formula is C12H21N3O3. The standard InChI is InChI=1S/C12H21N3O3/c13-12(18)15-6-8(11(16)17)5-10(7-15)14-9-3-1-2-4-9/h8-10,14H,1-7H2,(H2,13,18)(H,16,17). The normalized spacial score (nSPS) is 29.4. The van der Waals surface area contributed by atoms with Crippen LogP contribution in [0, 0.1) is 5.92 Å². The van der Waals surface area contributed by atoms with Crippen molar-refractivity contribution in [2.24, 2.45) is 11.7 Å². The third-order valence-electron chi connectivity index (χ3n) is 3.94. The van der Waals surface area contributed by atoms with Gasteiger partial charge in [-0.05, 0) is 19.3 Å². The molecule has 2 aliphatic rings. The van der Waals surface area contributed by atoms with Crippen molar-refractivity contribution in [2.45, 2.75) is 44.2 Å². The SMILES string of the molecule is NC(=O)N1CC(NC2CCCC2)CC(C(=O)O)C1. The van der Waals surface area contributed by atoms with E-state index in [1.165, 1.54) is 17.7 Å². The number of carbonyl (C=O) groups is 2. The van der Waals surface area contributed by atoms with Gasteiger partial charge in [-0.25, -0.2) is 4.79 Å². The van der Waals surface area contributed by atoms with Crippen LogP contribution in [0.3, 0.4) is 0 Å². The number of aliphatic carboxylic acids is 1.